The van der Waals surface area contributed by atoms with Gasteiger partial charge >= 0.3 is 5.97 Å². The third kappa shape index (κ3) is 7.09. The van der Waals surface area contributed by atoms with Gasteiger partial charge in [0, 0.05) is 20.1 Å². The number of carbonyl (C=O) groups excluding carboxylic acids is 1. The molecule has 0 saturated carbocycles. The van der Waals surface area contributed by atoms with Crippen LogP contribution in [0.4, 0.5) is 0 Å². The van der Waals surface area contributed by atoms with Crippen molar-refractivity contribution in [2.75, 3.05) is 27.8 Å². The summed E-state index contributed by atoms with van der Waals surface area (Å²) in [6.45, 7) is 1.30. The molecule has 0 aromatic heterocycles. The molecule has 6 nitrogen and oxygen atoms in total. The lowest BCUT2D eigenvalue weighted by molar-refractivity contribution is 0.0597. The molecule has 0 aliphatic heterocycles. The molecule has 0 spiro atoms. The lowest BCUT2D eigenvalue weighted by Crippen LogP contribution is -2.37. The van der Waals surface area contributed by atoms with E-state index < -0.39 is 5.97 Å². The Kier molecular flexibility index (Phi) is 10.2. The highest BCUT2D eigenvalue weighted by molar-refractivity contribution is 14.0. The summed E-state index contributed by atoms with van der Waals surface area (Å²) in [5.74, 6) is 0.774. The number of hydrogen-bond donors (Lipinski definition) is 2. The molecule has 0 fully saturated rings. The minimum atomic E-state index is -0.422. The largest absolute Gasteiger partial charge is 0.496 e. The van der Waals surface area contributed by atoms with Crippen LogP contribution in [0.25, 0.3) is 0 Å². The van der Waals surface area contributed by atoms with Crippen molar-refractivity contribution in [3.05, 3.63) is 65.2 Å². The second-order valence-electron chi connectivity index (χ2n) is 5.61. The first kappa shape index (κ1) is 22.8. The third-order valence-electron chi connectivity index (χ3n) is 3.90. The number of methoxy groups -OCH3 is 2. The Morgan fingerprint density at radius 3 is 2.41 bits per heavy atom. The Balaban J connectivity index is 0.00000364. The number of ether oxygens (including phenoxy) is 2. The van der Waals surface area contributed by atoms with E-state index in [2.05, 4.69) is 27.8 Å². The number of benzene rings is 2. The summed E-state index contributed by atoms with van der Waals surface area (Å²) in [6.07, 6.45) is 0.913. The highest BCUT2D eigenvalue weighted by Gasteiger charge is 2.13. The van der Waals surface area contributed by atoms with E-state index in [1.807, 2.05) is 24.3 Å². The maximum Gasteiger partial charge on any atom is 0.341 e. The molecule has 0 aliphatic carbocycles. The molecule has 0 bridgehead atoms. The van der Waals surface area contributed by atoms with Gasteiger partial charge < -0.3 is 20.1 Å². The van der Waals surface area contributed by atoms with Gasteiger partial charge in [-0.15, -0.1) is 24.0 Å². The van der Waals surface area contributed by atoms with Gasteiger partial charge in [-0.1, -0.05) is 36.4 Å². The number of nitrogens with one attached hydrogen (secondary N) is 2. The molecule has 0 aliphatic rings. The van der Waals surface area contributed by atoms with Crippen LogP contribution < -0.4 is 15.4 Å². The van der Waals surface area contributed by atoms with Crippen molar-refractivity contribution in [3.63, 3.8) is 0 Å². The predicted molar refractivity (Wildman–Crippen MR) is 118 cm³/mol. The van der Waals surface area contributed by atoms with Gasteiger partial charge in [0.1, 0.15) is 11.3 Å². The van der Waals surface area contributed by atoms with Crippen LogP contribution in [0.5, 0.6) is 5.75 Å². The van der Waals surface area contributed by atoms with Gasteiger partial charge in [-0.2, -0.15) is 0 Å². The fourth-order valence-corrected chi connectivity index (χ4v) is 2.51. The number of hydrogen-bond acceptors (Lipinski definition) is 4. The monoisotopic (exact) mass is 483 g/mol. The topological polar surface area (TPSA) is 72.0 Å². The van der Waals surface area contributed by atoms with Crippen LogP contribution in [0.3, 0.4) is 0 Å². The van der Waals surface area contributed by atoms with Gasteiger partial charge in [-0.05, 0) is 29.7 Å². The molecule has 0 heterocycles. The van der Waals surface area contributed by atoms with E-state index in [1.165, 1.54) is 19.8 Å². The number of esters is 1. The van der Waals surface area contributed by atoms with E-state index in [0.717, 1.165) is 18.5 Å². The number of aliphatic imine (C=N–C) groups is 1. The van der Waals surface area contributed by atoms with Crippen molar-refractivity contribution in [1.29, 1.82) is 0 Å². The fraction of sp³-hybridized carbons (Fsp3) is 0.300. The van der Waals surface area contributed by atoms with Gasteiger partial charge in [-0.3, -0.25) is 4.99 Å². The minimum Gasteiger partial charge on any atom is -0.496 e. The summed E-state index contributed by atoms with van der Waals surface area (Å²) in [7, 11) is 4.61. The zero-order chi connectivity index (χ0) is 18.8. The Hall–Kier alpha value is -2.29. The van der Waals surface area contributed by atoms with E-state index in [9.17, 15) is 4.79 Å². The quantitative estimate of drug-likeness (QED) is 0.274. The fourth-order valence-electron chi connectivity index (χ4n) is 2.51. The minimum absolute atomic E-state index is 0. The van der Waals surface area contributed by atoms with Gasteiger partial charge in [0.25, 0.3) is 0 Å². The summed E-state index contributed by atoms with van der Waals surface area (Å²) >= 11 is 0. The number of halogens is 1. The molecule has 0 unspecified atom stereocenters. The molecule has 2 aromatic rings. The third-order valence-corrected chi connectivity index (χ3v) is 3.90. The van der Waals surface area contributed by atoms with Crippen molar-refractivity contribution >= 4 is 35.9 Å². The first-order valence-corrected chi connectivity index (χ1v) is 8.41. The normalized spacial score (nSPS) is 10.6. The molecule has 0 saturated heterocycles. The number of guanidine groups is 1. The molecular formula is C20H26IN3O3. The van der Waals surface area contributed by atoms with Gasteiger partial charge in [-0.25, -0.2) is 4.79 Å². The Labute approximate surface area is 177 Å². The van der Waals surface area contributed by atoms with Crippen molar-refractivity contribution in [1.82, 2.24) is 10.6 Å². The second-order valence-corrected chi connectivity index (χ2v) is 5.61. The molecule has 0 atom stereocenters. The summed E-state index contributed by atoms with van der Waals surface area (Å²) in [5, 5.41) is 6.52. The average Bonchev–Trinajstić information content (AvgIpc) is 2.70. The molecule has 0 radical (unpaired) electrons. The smallest absolute Gasteiger partial charge is 0.341 e. The van der Waals surface area contributed by atoms with E-state index >= 15 is 0 Å². The van der Waals surface area contributed by atoms with Crippen molar-refractivity contribution in [3.8, 4) is 5.75 Å². The molecule has 7 heteroatoms. The van der Waals surface area contributed by atoms with Crippen molar-refractivity contribution < 1.29 is 14.3 Å². The van der Waals surface area contributed by atoms with Crippen molar-refractivity contribution in [2.24, 2.45) is 4.99 Å². The molecular weight excluding hydrogens is 457 g/mol. The van der Waals surface area contributed by atoms with Crippen LogP contribution in [0.1, 0.15) is 21.5 Å². The van der Waals surface area contributed by atoms with Crippen LogP contribution in [-0.2, 0) is 17.7 Å². The summed E-state index contributed by atoms with van der Waals surface area (Å²) in [6, 6.07) is 15.7. The summed E-state index contributed by atoms with van der Waals surface area (Å²) in [5.41, 5.74) is 2.60. The van der Waals surface area contributed by atoms with E-state index in [4.69, 9.17) is 9.47 Å². The van der Waals surface area contributed by atoms with E-state index in [0.29, 0.717) is 23.8 Å². The standard InChI is InChI=1S/C20H25N3O3.HI/c1-21-20(22-12-11-15-7-5-4-6-8-15)23-14-16-9-10-18(25-2)17(13-16)19(24)26-3;/h4-10,13H,11-12,14H2,1-3H3,(H2,21,22,23);1H. The summed E-state index contributed by atoms with van der Waals surface area (Å²) < 4.78 is 10.0. The zero-order valence-electron chi connectivity index (χ0n) is 15.8. The molecule has 0 amide bonds. The molecule has 2 aromatic carbocycles. The zero-order valence-corrected chi connectivity index (χ0v) is 18.2. The van der Waals surface area contributed by atoms with Crippen LogP contribution in [0.15, 0.2) is 53.5 Å². The first-order valence-electron chi connectivity index (χ1n) is 8.41. The molecule has 2 rings (SSSR count). The van der Waals surface area contributed by atoms with Crippen molar-refractivity contribution in [2.45, 2.75) is 13.0 Å². The average molecular weight is 483 g/mol. The maximum absolute atomic E-state index is 11.9. The number of nitrogens with zero attached hydrogens (tertiary/aromatic N) is 1. The molecule has 2 N–H and O–H groups in total. The number of rotatable bonds is 7. The highest BCUT2D eigenvalue weighted by Crippen LogP contribution is 2.20. The Morgan fingerprint density at radius 2 is 1.78 bits per heavy atom. The Morgan fingerprint density at radius 1 is 1.04 bits per heavy atom. The predicted octanol–water partition coefficient (Wildman–Crippen LogP) is 3.01. The highest BCUT2D eigenvalue weighted by atomic mass is 127. The first-order chi connectivity index (χ1) is 12.7. The van der Waals surface area contributed by atoms with Gasteiger partial charge in [0.05, 0.1) is 14.2 Å². The SMILES string of the molecule is CN=C(NCCc1ccccc1)NCc1ccc(OC)c(C(=O)OC)c1.I. The van der Waals surface area contributed by atoms with Crippen LogP contribution in [0.2, 0.25) is 0 Å². The lowest BCUT2D eigenvalue weighted by atomic mass is 10.1. The summed E-state index contributed by atoms with van der Waals surface area (Å²) in [4.78, 5) is 16.1. The lowest BCUT2D eigenvalue weighted by Gasteiger charge is -2.13. The second kappa shape index (κ2) is 12.2. The maximum atomic E-state index is 11.9. The van der Waals surface area contributed by atoms with Crippen LogP contribution >= 0.6 is 24.0 Å². The van der Waals surface area contributed by atoms with Gasteiger partial charge in [0.15, 0.2) is 5.96 Å². The molecule has 27 heavy (non-hydrogen) atoms. The van der Waals surface area contributed by atoms with Gasteiger partial charge in [0.2, 0.25) is 0 Å². The molecule has 146 valence electrons. The van der Waals surface area contributed by atoms with Crippen LogP contribution in [0, 0.1) is 0 Å². The van der Waals surface area contributed by atoms with E-state index in [1.54, 1.807) is 19.2 Å². The Bertz CT molecular complexity index is 751. The van der Waals surface area contributed by atoms with E-state index in [-0.39, 0.29) is 24.0 Å². The number of carbonyl (C=O) groups is 1. The van der Waals surface area contributed by atoms with Crippen LogP contribution in [-0.4, -0.2) is 39.7 Å².